The van der Waals surface area contributed by atoms with Crippen LogP contribution in [0.3, 0.4) is 0 Å². The van der Waals surface area contributed by atoms with E-state index in [1.54, 1.807) is 6.08 Å². The van der Waals surface area contributed by atoms with Gasteiger partial charge in [0.15, 0.2) is 0 Å². The molecule has 0 aliphatic carbocycles. The van der Waals surface area contributed by atoms with Gasteiger partial charge >= 0.3 is 0 Å². The lowest BCUT2D eigenvalue weighted by Gasteiger charge is -2.12. The second-order valence-corrected chi connectivity index (χ2v) is 14.2. The molecule has 0 unspecified atom stereocenters. The van der Waals surface area contributed by atoms with E-state index in [2.05, 4.69) is 193 Å². The van der Waals surface area contributed by atoms with Crippen molar-refractivity contribution in [2.24, 2.45) is 4.99 Å². The predicted octanol–water partition coefficient (Wildman–Crippen LogP) is 17.9. The summed E-state index contributed by atoms with van der Waals surface area (Å²) in [4.78, 5) is 5.54. The zero-order chi connectivity index (χ0) is 45.5. The van der Waals surface area contributed by atoms with Crippen molar-refractivity contribution < 1.29 is 0 Å². The van der Waals surface area contributed by atoms with Gasteiger partial charge in [0.1, 0.15) is 5.84 Å². The largest absolute Gasteiger partial charge is 0.310 e. The van der Waals surface area contributed by atoms with Gasteiger partial charge in [0.25, 0.3) is 0 Å². The van der Waals surface area contributed by atoms with Crippen molar-refractivity contribution in [1.82, 2.24) is 13.7 Å². The van der Waals surface area contributed by atoms with Gasteiger partial charge in [-0.25, -0.2) is 4.99 Å². The van der Waals surface area contributed by atoms with E-state index in [1.807, 2.05) is 60.6 Å². The highest BCUT2D eigenvalue weighted by Gasteiger charge is 2.24. The molecular weight excluding hydrogens is 765 g/mol. The van der Waals surface area contributed by atoms with Crippen LogP contribution >= 0.6 is 0 Å². The van der Waals surface area contributed by atoms with E-state index >= 15 is 0 Å². The first-order chi connectivity index (χ1) is 31.1. The maximum absolute atomic E-state index is 5.54. The summed E-state index contributed by atoms with van der Waals surface area (Å²) in [5.41, 5.74) is 12.2. The molecular formula is C59H66N4. The van der Waals surface area contributed by atoms with Crippen molar-refractivity contribution in [3.05, 3.63) is 188 Å². The molecule has 1 aliphatic rings. The summed E-state index contributed by atoms with van der Waals surface area (Å²) in [5, 5.41) is 6.06. The second-order valence-electron chi connectivity index (χ2n) is 14.2. The number of hydrogen-bond donors (Lipinski definition) is 0. The molecule has 0 amide bonds. The van der Waals surface area contributed by atoms with E-state index in [9.17, 15) is 0 Å². The Hall–Kier alpha value is -6.91. The summed E-state index contributed by atoms with van der Waals surface area (Å²) in [5.74, 6) is 0.955. The van der Waals surface area contributed by atoms with Gasteiger partial charge in [0.2, 0.25) is 0 Å². The van der Waals surface area contributed by atoms with Gasteiger partial charge in [-0.1, -0.05) is 189 Å². The highest BCUT2D eigenvalue weighted by atomic mass is 15.1. The number of allylic oxidation sites excluding steroid dienone is 8. The first-order valence-corrected chi connectivity index (χ1v) is 22.9. The highest BCUT2D eigenvalue weighted by Crippen LogP contribution is 2.43. The van der Waals surface area contributed by atoms with Crippen LogP contribution in [-0.2, 0) is 0 Å². The fourth-order valence-corrected chi connectivity index (χ4v) is 8.38. The van der Waals surface area contributed by atoms with Crippen LogP contribution in [0.4, 0.5) is 0 Å². The van der Waals surface area contributed by atoms with E-state index in [0.29, 0.717) is 6.42 Å². The molecule has 0 bridgehead atoms. The molecule has 0 fully saturated rings. The minimum atomic E-state index is 0.619. The monoisotopic (exact) mass is 831 g/mol. The molecule has 63 heavy (non-hydrogen) atoms. The smallest absolute Gasteiger partial charge is 0.118 e. The molecule has 0 saturated carbocycles. The molecule has 5 aromatic carbocycles. The summed E-state index contributed by atoms with van der Waals surface area (Å²) < 4.78 is 7.18. The fraction of sp³-hybridized carbons (Fsp3) is 0.203. The third-order valence-electron chi connectivity index (χ3n) is 10.7. The normalized spacial score (nSPS) is 12.5. The third-order valence-corrected chi connectivity index (χ3v) is 10.7. The van der Waals surface area contributed by atoms with Crippen LogP contribution in [0.1, 0.15) is 98.4 Å². The van der Waals surface area contributed by atoms with Gasteiger partial charge in [-0.15, -0.1) is 6.58 Å². The Morgan fingerprint density at radius 1 is 0.651 bits per heavy atom. The Kier molecular flexibility index (Phi) is 17.1. The zero-order valence-electron chi connectivity index (χ0n) is 39.1. The number of para-hydroxylation sites is 3. The molecule has 0 saturated heterocycles. The molecule has 0 spiro atoms. The van der Waals surface area contributed by atoms with Crippen LogP contribution in [0.25, 0.3) is 83.8 Å². The molecule has 4 heterocycles. The molecule has 322 valence electrons. The Labute approximate surface area is 376 Å². The minimum Gasteiger partial charge on any atom is -0.310 e. The molecule has 4 heteroatoms. The molecule has 3 aromatic heterocycles. The number of rotatable bonds is 8. The van der Waals surface area contributed by atoms with Crippen molar-refractivity contribution in [3.63, 3.8) is 0 Å². The molecule has 9 rings (SSSR count). The van der Waals surface area contributed by atoms with Crippen LogP contribution in [0.15, 0.2) is 176 Å². The van der Waals surface area contributed by atoms with E-state index in [1.165, 1.54) is 38.1 Å². The van der Waals surface area contributed by atoms with Gasteiger partial charge in [-0.2, -0.15) is 0 Å². The van der Waals surface area contributed by atoms with Crippen LogP contribution < -0.4 is 0 Å². The Morgan fingerprint density at radius 3 is 1.86 bits per heavy atom. The van der Waals surface area contributed by atoms with Crippen LogP contribution in [-0.4, -0.2) is 19.5 Å². The number of nitrogens with zero attached hydrogens (tertiary/aromatic N) is 4. The average molecular weight is 831 g/mol. The first kappa shape index (κ1) is 47.1. The minimum absolute atomic E-state index is 0.619. The maximum atomic E-state index is 5.54. The molecule has 0 N–H and O–H groups in total. The quantitative estimate of drug-likeness (QED) is 0.108. The van der Waals surface area contributed by atoms with Crippen molar-refractivity contribution in [1.29, 1.82) is 0 Å². The predicted molar refractivity (Wildman–Crippen MR) is 285 cm³/mol. The summed E-state index contributed by atoms with van der Waals surface area (Å²) in [7, 11) is 0. The summed E-state index contributed by atoms with van der Waals surface area (Å²) in [6.07, 6.45) is 19.6. The summed E-state index contributed by atoms with van der Waals surface area (Å²) >= 11 is 0. The number of unbranched alkanes of at least 4 members (excludes halogenated alkanes) is 1. The van der Waals surface area contributed by atoms with Gasteiger partial charge in [0, 0.05) is 55.9 Å². The van der Waals surface area contributed by atoms with Crippen LogP contribution in [0, 0.1) is 0 Å². The van der Waals surface area contributed by atoms with E-state index in [0.717, 1.165) is 69.0 Å². The SMILES string of the molecule is C=CC.C=CC(=CCCC)n1c2ccccc2c2c1ccc1c3ccccc3n(C3=CCC(n4c(/C=C\C)c(C=C)c5ccccc54)=NC(c4ccccc4)=C3)c12.CC.CC.CC. The molecule has 0 atom stereocenters. The van der Waals surface area contributed by atoms with E-state index in [4.69, 9.17) is 4.99 Å². The van der Waals surface area contributed by atoms with Gasteiger partial charge in [-0.3, -0.25) is 4.57 Å². The lowest BCUT2D eigenvalue weighted by Crippen LogP contribution is -2.13. The number of fused-ring (bicyclic) bond motifs is 8. The van der Waals surface area contributed by atoms with E-state index in [-0.39, 0.29) is 0 Å². The molecule has 8 aromatic rings. The maximum Gasteiger partial charge on any atom is 0.118 e. The second kappa shape index (κ2) is 22.8. The van der Waals surface area contributed by atoms with Gasteiger partial charge in [0.05, 0.1) is 39.0 Å². The molecule has 1 aliphatic heterocycles. The Balaban J connectivity index is 0.000000778. The Morgan fingerprint density at radius 2 is 1.24 bits per heavy atom. The average Bonchev–Trinajstić information content (AvgIpc) is 3.91. The van der Waals surface area contributed by atoms with Crippen molar-refractivity contribution in [2.45, 2.75) is 81.6 Å². The highest BCUT2D eigenvalue weighted by molar-refractivity contribution is 6.27. The number of benzene rings is 5. The van der Waals surface area contributed by atoms with Gasteiger partial charge < -0.3 is 9.13 Å². The topological polar surface area (TPSA) is 27.1 Å². The van der Waals surface area contributed by atoms with Crippen LogP contribution in [0.5, 0.6) is 0 Å². The molecule has 4 nitrogen and oxygen atoms in total. The third kappa shape index (κ3) is 9.04. The Bertz CT molecular complexity index is 3000. The number of aromatic nitrogens is 3. The van der Waals surface area contributed by atoms with Crippen molar-refractivity contribution >= 4 is 89.6 Å². The standard InChI is InChI=1S/C50H42N4.C3H6.3C2H6/c1-5-9-22-35(7-3)52-46-28-18-15-25-41(46)49-47(52)31-30-40-39-24-14-16-26-44(39)53(50(40)49)36-29-32-48(51-42(33-36)34-20-11-10-12-21-34)54-43(19-6-2)37(8-4)38-23-13-17-27-45(38)54;1-3-2;3*1-2/h6-8,10-31,33H,3-5,9,32H2,1-2H3;3H,1H2,2H3;3*1-2H3/b19-6-,35-22?;;;;. The first-order valence-electron chi connectivity index (χ1n) is 22.9. The van der Waals surface area contributed by atoms with Gasteiger partial charge in [-0.05, 0) is 62.8 Å². The zero-order valence-corrected chi connectivity index (χ0v) is 39.1. The number of hydrogen-bond acceptors (Lipinski definition) is 1. The number of aliphatic imine (C=N–C) groups is 1. The summed E-state index contributed by atoms with van der Waals surface area (Å²) in [6, 6.07) is 41.3. The lowest BCUT2D eigenvalue weighted by atomic mass is 10.1. The van der Waals surface area contributed by atoms with E-state index < -0.39 is 0 Å². The van der Waals surface area contributed by atoms with Crippen molar-refractivity contribution in [3.8, 4) is 0 Å². The lowest BCUT2D eigenvalue weighted by molar-refractivity contribution is 0.954. The molecule has 0 radical (unpaired) electrons. The summed E-state index contributed by atoms with van der Waals surface area (Å²) in [6.45, 7) is 30.0. The fourth-order valence-electron chi connectivity index (χ4n) is 8.38. The van der Waals surface area contributed by atoms with Crippen LogP contribution in [0.2, 0.25) is 0 Å². The van der Waals surface area contributed by atoms with Crippen molar-refractivity contribution in [2.75, 3.05) is 0 Å².